The van der Waals surface area contributed by atoms with Crippen LogP contribution in [0.2, 0.25) is 0 Å². The highest BCUT2D eigenvalue weighted by atomic mass is 16.6. The van der Waals surface area contributed by atoms with Crippen LogP contribution in [0.25, 0.3) is 0 Å². The second-order valence-electron chi connectivity index (χ2n) is 14.1. The van der Waals surface area contributed by atoms with Gasteiger partial charge < -0.3 is 9.47 Å². The molecule has 0 unspecified atom stereocenters. The van der Waals surface area contributed by atoms with Crippen LogP contribution in [0.3, 0.4) is 0 Å². The Kier molecular flexibility index (Phi) is 17.2. The molecule has 48 heavy (non-hydrogen) atoms. The lowest BCUT2D eigenvalue weighted by molar-refractivity contribution is -0.697. The Labute approximate surface area is 290 Å². The SMILES string of the molecule is CCCCCCCCCCCCCCOc1ccc(COC(=O)N(Cc2cc[n+](CCC)cc2)C(=O)c2ccccc2)cc1C(C)(C)C. The molecule has 0 spiro atoms. The van der Waals surface area contributed by atoms with Gasteiger partial charge in [0, 0.05) is 24.1 Å². The fraction of sp³-hybridized carbons (Fsp3) is 0.548. The van der Waals surface area contributed by atoms with Crippen LogP contribution in [-0.4, -0.2) is 23.5 Å². The largest absolute Gasteiger partial charge is 0.493 e. The van der Waals surface area contributed by atoms with Gasteiger partial charge in [-0.2, -0.15) is 0 Å². The number of aromatic nitrogens is 1. The Morgan fingerprint density at radius 3 is 1.90 bits per heavy atom. The van der Waals surface area contributed by atoms with Gasteiger partial charge in [-0.1, -0.05) is 130 Å². The van der Waals surface area contributed by atoms with Crippen molar-refractivity contribution in [3.05, 3.63) is 95.3 Å². The summed E-state index contributed by atoms with van der Waals surface area (Å²) in [6, 6.07) is 18.8. The molecule has 0 aliphatic rings. The number of ether oxygens (including phenoxy) is 2. The Hall–Kier alpha value is -3.67. The molecule has 6 heteroatoms. The second-order valence-corrected chi connectivity index (χ2v) is 14.1. The van der Waals surface area contributed by atoms with Crippen molar-refractivity contribution in [3.63, 3.8) is 0 Å². The molecule has 262 valence electrons. The van der Waals surface area contributed by atoms with E-state index in [-0.39, 0.29) is 24.5 Å². The normalized spacial score (nSPS) is 11.4. The van der Waals surface area contributed by atoms with E-state index in [9.17, 15) is 9.59 Å². The molecule has 3 rings (SSSR count). The van der Waals surface area contributed by atoms with Crippen molar-refractivity contribution in [3.8, 4) is 5.75 Å². The van der Waals surface area contributed by atoms with Crippen molar-refractivity contribution in [1.82, 2.24) is 4.90 Å². The molecule has 0 fully saturated rings. The number of aryl methyl sites for hydroxylation is 1. The van der Waals surface area contributed by atoms with Crippen LogP contribution in [0, 0.1) is 0 Å². The molecule has 0 atom stereocenters. The summed E-state index contributed by atoms with van der Waals surface area (Å²) in [7, 11) is 0. The quantitative estimate of drug-likeness (QED) is 0.0845. The maximum absolute atomic E-state index is 13.5. The molecular formula is C42H61N2O4+. The number of rotatable bonds is 21. The monoisotopic (exact) mass is 657 g/mol. The maximum Gasteiger partial charge on any atom is 0.417 e. The molecule has 0 N–H and O–H groups in total. The highest BCUT2D eigenvalue weighted by Gasteiger charge is 2.26. The van der Waals surface area contributed by atoms with Gasteiger partial charge in [0.25, 0.3) is 5.91 Å². The van der Waals surface area contributed by atoms with Crippen LogP contribution < -0.4 is 9.30 Å². The summed E-state index contributed by atoms with van der Waals surface area (Å²) in [5, 5.41) is 0. The van der Waals surface area contributed by atoms with Gasteiger partial charge in [-0.25, -0.2) is 14.3 Å². The first-order chi connectivity index (χ1) is 23.2. The van der Waals surface area contributed by atoms with E-state index in [1.54, 1.807) is 24.3 Å². The van der Waals surface area contributed by atoms with E-state index in [1.165, 1.54) is 75.5 Å². The van der Waals surface area contributed by atoms with Gasteiger partial charge in [-0.05, 0) is 52.8 Å². The van der Waals surface area contributed by atoms with E-state index in [1.807, 2.05) is 42.7 Å². The van der Waals surface area contributed by atoms with Gasteiger partial charge >= 0.3 is 6.09 Å². The highest BCUT2D eigenvalue weighted by molar-refractivity contribution is 6.02. The molecule has 0 radical (unpaired) electrons. The summed E-state index contributed by atoms with van der Waals surface area (Å²) in [5.41, 5.74) is 3.09. The smallest absolute Gasteiger partial charge is 0.417 e. The van der Waals surface area contributed by atoms with Crippen LogP contribution in [0.1, 0.15) is 145 Å². The van der Waals surface area contributed by atoms with Crippen molar-refractivity contribution < 1.29 is 23.6 Å². The topological polar surface area (TPSA) is 59.7 Å². The summed E-state index contributed by atoms with van der Waals surface area (Å²) in [6.45, 7) is 12.7. The molecule has 1 heterocycles. The number of pyridine rings is 1. The van der Waals surface area contributed by atoms with Crippen molar-refractivity contribution in [2.75, 3.05) is 6.61 Å². The number of amides is 2. The molecule has 2 aromatic carbocycles. The van der Waals surface area contributed by atoms with E-state index >= 15 is 0 Å². The first-order valence-electron chi connectivity index (χ1n) is 18.5. The zero-order chi connectivity index (χ0) is 34.6. The van der Waals surface area contributed by atoms with Crippen LogP contribution in [0.15, 0.2) is 73.1 Å². The molecule has 0 aliphatic carbocycles. The van der Waals surface area contributed by atoms with Gasteiger partial charge in [0.05, 0.1) is 13.2 Å². The van der Waals surface area contributed by atoms with Gasteiger partial charge in [-0.3, -0.25) is 4.79 Å². The molecule has 2 amide bonds. The van der Waals surface area contributed by atoms with Crippen molar-refractivity contribution >= 4 is 12.0 Å². The average molecular weight is 658 g/mol. The van der Waals surface area contributed by atoms with Crippen LogP contribution >= 0.6 is 0 Å². The van der Waals surface area contributed by atoms with E-state index in [4.69, 9.17) is 9.47 Å². The van der Waals surface area contributed by atoms with Crippen LogP contribution in [-0.2, 0) is 29.8 Å². The predicted octanol–water partition coefficient (Wildman–Crippen LogP) is 10.7. The van der Waals surface area contributed by atoms with Gasteiger partial charge in [-0.15, -0.1) is 0 Å². The lowest BCUT2D eigenvalue weighted by atomic mass is 9.85. The zero-order valence-corrected chi connectivity index (χ0v) is 30.5. The maximum atomic E-state index is 13.5. The van der Waals surface area contributed by atoms with Crippen LogP contribution in [0.4, 0.5) is 4.79 Å². The Bertz CT molecular complexity index is 1350. The molecule has 0 bridgehead atoms. The first kappa shape index (κ1) is 38.8. The third-order valence-corrected chi connectivity index (χ3v) is 8.74. The summed E-state index contributed by atoms with van der Waals surface area (Å²) in [5.74, 6) is 0.494. The average Bonchev–Trinajstić information content (AvgIpc) is 3.09. The van der Waals surface area contributed by atoms with Gasteiger partial charge in [0.1, 0.15) is 18.9 Å². The van der Waals surface area contributed by atoms with E-state index in [2.05, 4.69) is 45.3 Å². The molecule has 0 aliphatic heterocycles. The summed E-state index contributed by atoms with van der Waals surface area (Å²) >= 11 is 0. The lowest BCUT2D eigenvalue weighted by Gasteiger charge is -2.24. The van der Waals surface area contributed by atoms with Gasteiger partial charge in [0.15, 0.2) is 12.4 Å². The molecule has 3 aromatic rings. The molecule has 0 saturated carbocycles. The Morgan fingerprint density at radius 2 is 1.31 bits per heavy atom. The number of carbonyl (C=O) groups excluding carboxylic acids is 2. The second kappa shape index (κ2) is 21.3. The summed E-state index contributed by atoms with van der Waals surface area (Å²) in [4.78, 5) is 28.1. The minimum absolute atomic E-state index is 0.0603. The Balaban J connectivity index is 1.54. The van der Waals surface area contributed by atoms with Crippen LogP contribution in [0.5, 0.6) is 5.75 Å². The minimum atomic E-state index is -0.668. The number of nitrogens with zero attached hydrogens (tertiary/aromatic N) is 2. The van der Waals surface area contributed by atoms with Crippen molar-refractivity contribution in [2.45, 2.75) is 143 Å². The van der Waals surface area contributed by atoms with E-state index in [0.29, 0.717) is 12.2 Å². The summed E-state index contributed by atoms with van der Waals surface area (Å²) in [6.07, 6.45) is 20.1. The van der Waals surface area contributed by atoms with E-state index in [0.717, 1.165) is 41.8 Å². The first-order valence-corrected chi connectivity index (χ1v) is 18.5. The number of hydrogen-bond acceptors (Lipinski definition) is 4. The van der Waals surface area contributed by atoms with E-state index < -0.39 is 6.09 Å². The zero-order valence-electron chi connectivity index (χ0n) is 30.5. The number of unbranched alkanes of at least 4 members (excludes halogenated alkanes) is 11. The van der Waals surface area contributed by atoms with Crippen molar-refractivity contribution in [2.24, 2.45) is 0 Å². The molecule has 0 saturated heterocycles. The third-order valence-electron chi connectivity index (χ3n) is 8.74. The molecule has 1 aromatic heterocycles. The number of carbonyl (C=O) groups is 2. The molecule has 6 nitrogen and oxygen atoms in total. The van der Waals surface area contributed by atoms with Crippen molar-refractivity contribution in [1.29, 1.82) is 0 Å². The lowest BCUT2D eigenvalue weighted by Crippen LogP contribution is -2.37. The highest BCUT2D eigenvalue weighted by Crippen LogP contribution is 2.33. The fourth-order valence-electron chi connectivity index (χ4n) is 5.87. The Morgan fingerprint density at radius 1 is 0.708 bits per heavy atom. The fourth-order valence-corrected chi connectivity index (χ4v) is 5.87. The predicted molar refractivity (Wildman–Crippen MR) is 195 cm³/mol. The summed E-state index contributed by atoms with van der Waals surface area (Å²) < 4.78 is 14.1. The number of imide groups is 1. The number of hydrogen-bond donors (Lipinski definition) is 0. The van der Waals surface area contributed by atoms with Gasteiger partial charge in [0.2, 0.25) is 0 Å². The number of benzene rings is 2. The minimum Gasteiger partial charge on any atom is -0.493 e. The third kappa shape index (κ3) is 13.8. The standard InChI is InChI=1S/C42H61N2O4/c1-6-8-9-10-11-12-13-14-15-16-17-21-31-47-39-25-24-36(32-38(39)42(3,4)5)34-48-41(46)44(40(45)37-22-19-18-20-23-37)33-35-26-29-43(28-7-2)30-27-35/h18-20,22-27,29-30,32H,6-17,21,28,31,33-34H2,1-5H3/q+1. The molecular weight excluding hydrogens is 596 g/mol.